The number of carboxylic acid groups (broad SMARTS) is 2. The molecule has 5 rings (SSSR count). The Hall–Kier alpha value is -3.43. The van der Waals surface area contributed by atoms with Gasteiger partial charge in [0.25, 0.3) is 0 Å². The van der Waals surface area contributed by atoms with Gasteiger partial charge in [-0.2, -0.15) is 16.8 Å². The Morgan fingerprint density at radius 1 is 0.603 bits per heavy atom. The zero-order valence-corrected chi connectivity index (χ0v) is 41.2. The summed E-state index contributed by atoms with van der Waals surface area (Å²) < 4.78 is 129. The summed E-state index contributed by atoms with van der Waals surface area (Å²) in [7, 11) is -11.0. The van der Waals surface area contributed by atoms with Gasteiger partial charge in [0.2, 0.25) is 18.0 Å². The fourth-order valence-electron chi connectivity index (χ4n) is 8.40. The summed E-state index contributed by atoms with van der Waals surface area (Å²) in [5.41, 5.74) is 0. The van der Waals surface area contributed by atoms with Crippen molar-refractivity contribution in [2.75, 3.05) is 33.0 Å². The molecule has 5 aliphatic heterocycles. The van der Waals surface area contributed by atoms with Crippen LogP contribution in [0.4, 0.5) is 0 Å². The van der Waals surface area contributed by atoms with E-state index in [4.69, 9.17) is 51.9 Å². The van der Waals surface area contributed by atoms with E-state index < -0.39 is 243 Å². The number of rotatable bonds is 24. The molecule has 78 heavy (non-hydrogen) atoms. The number of hydrogen-bond donors (Lipinski definition) is 20. The molecule has 5 aliphatic rings. The SMILES string of the molecule is CC(=O)N[C@H]1[C@H](O[C@H]2[C@H](O)[C@@H](O)[C@H](O[C@H]3[C@@H](O)[C@@H](CO)O[C@@H](O[C@H]4[C@@H](O)[C@@H](COS(=O)(=O)O)O[C@@H](O[C@H](CO)[C@H](O)[C@@H](O)CO)[C@@H]4O)[C@@H]3O)O[C@@H]2C(=O)O)O[C@H](CO)[C@H](OS(=O)(=O)O)[C@@H]1O[C@@H]1OC(C(=O)O)=C(O)[C@H](O)[C@H]1O. The van der Waals surface area contributed by atoms with E-state index in [1.807, 2.05) is 0 Å². The Kier molecular flexibility index (Phi) is 22.7. The second kappa shape index (κ2) is 27.1. The maximum absolute atomic E-state index is 12.8. The number of carbonyl (C=O) groups is 3. The molecule has 1 amide bonds. The van der Waals surface area contributed by atoms with E-state index in [-0.39, 0.29) is 0 Å². The number of amides is 1. The lowest BCUT2D eigenvalue weighted by atomic mass is 9.94. The third-order valence-electron chi connectivity index (χ3n) is 12.2. The van der Waals surface area contributed by atoms with Crippen molar-refractivity contribution in [1.82, 2.24) is 5.32 Å². The van der Waals surface area contributed by atoms with Crippen molar-refractivity contribution in [2.24, 2.45) is 0 Å². The van der Waals surface area contributed by atoms with E-state index in [1.165, 1.54) is 0 Å². The lowest BCUT2D eigenvalue weighted by Gasteiger charge is -2.50. The predicted molar refractivity (Wildman–Crippen MR) is 229 cm³/mol. The maximum atomic E-state index is 12.8. The van der Waals surface area contributed by atoms with Crippen LogP contribution in [0.2, 0.25) is 0 Å². The van der Waals surface area contributed by atoms with Crippen LogP contribution >= 0.6 is 0 Å². The Balaban J connectivity index is 1.43. The van der Waals surface area contributed by atoms with Crippen LogP contribution in [-0.4, -0.2) is 323 Å². The van der Waals surface area contributed by atoms with Crippen molar-refractivity contribution in [3.63, 3.8) is 0 Å². The fourth-order valence-corrected chi connectivity index (χ4v) is 9.22. The monoisotopic (exact) mass is 1190 g/mol. The smallest absolute Gasteiger partial charge is 0.397 e. The highest BCUT2D eigenvalue weighted by Crippen LogP contribution is 2.37. The van der Waals surface area contributed by atoms with Gasteiger partial charge in [-0.25, -0.2) is 18.0 Å². The maximum Gasteiger partial charge on any atom is 0.397 e. The molecule has 0 unspecified atom stereocenters. The van der Waals surface area contributed by atoms with Gasteiger partial charge in [0.15, 0.2) is 37.0 Å². The van der Waals surface area contributed by atoms with Crippen LogP contribution in [0.15, 0.2) is 11.5 Å². The first kappa shape index (κ1) is 65.4. The van der Waals surface area contributed by atoms with Crippen molar-refractivity contribution in [3.8, 4) is 0 Å². The van der Waals surface area contributed by atoms with Crippen molar-refractivity contribution >= 4 is 38.6 Å². The molecule has 26 atom stereocenters. The molecule has 4 fully saturated rings. The standard InChI is InChI=1S/C37H59NO38S2/c1-7(43)38-13-25(70-34-20(51)17(48)18(49)29(74-34)31(55)56)24(76-78(62,63)64)11(5-42)68-33(13)73-28-19(50)21(52)35(75-30(28)32(57)58)71-26-15(46)10(4-41)67-37(23(26)54)72-27-16(47)12(6-65-77(59,60)61)69-36(22(27)53)66-9(3-40)14(45)8(44)2-39/h8-17,19-28,30,33-37,39-42,44-54H,2-6H2,1H3,(H,38,43)(H,55,56)(H,57,58)(H,59,60,61)(H,62,63,64)/t8-,9+,10+,11+,12+,13+,14+,15-,16-,17-,19+,20+,21+,22+,23+,24-,25+,26-,27-,28-,30-,33-,34+,35+,36+,37-/m0/s1. The Bertz CT molecular complexity index is 2280. The van der Waals surface area contributed by atoms with Gasteiger partial charge in [-0.05, 0) is 0 Å². The molecule has 0 bridgehead atoms. The Morgan fingerprint density at radius 3 is 1.64 bits per heavy atom. The average Bonchev–Trinajstić information content (AvgIpc) is 3.36. The zero-order valence-electron chi connectivity index (χ0n) is 39.6. The molecule has 20 N–H and O–H groups in total. The van der Waals surface area contributed by atoms with Crippen molar-refractivity contribution in [3.05, 3.63) is 11.5 Å². The number of aliphatic hydroxyl groups excluding tert-OH is 15. The van der Waals surface area contributed by atoms with Gasteiger partial charge in [0.05, 0.1) is 33.0 Å². The molecular weight excluding hydrogens is 1130 g/mol. The van der Waals surface area contributed by atoms with Gasteiger partial charge < -0.3 is 139 Å². The first-order valence-electron chi connectivity index (χ1n) is 22.5. The number of nitrogens with one attached hydrogen (secondary N) is 1. The topological polar surface area (TPSA) is 627 Å². The minimum absolute atomic E-state index is 0.789. The highest BCUT2D eigenvalue weighted by Gasteiger charge is 2.59. The van der Waals surface area contributed by atoms with Crippen LogP contribution in [0, 0.1) is 0 Å². The van der Waals surface area contributed by atoms with E-state index in [9.17, 15) is 123 Å². The predicted octanol–water partition coefficient (Wildman–Crippen LogP) is -12.8. The minimum atomic E-state index is -5.66. The molecular formula is C37H59NO38S2. The van der Waals surface area contributed by atoms with E-state index in [1.54, 1.807) is 0 Å². The minimum Gasteiger partial charge on any atom is -0.506 e. The molecule has 5 heterocycles. The lowest BCUT2D eigenvalue weighted by molar-refractivity contribution is -0.387. The van der Waals surface area contributed by atoms with E-state index in [2.05, 4.69) is 13.7 Å². The first-order valence-corrected chi connectivity index (χ1v) is 25.3. The molecule has 452 valence electrons. The molecule has 0 aromatic heterocycles. The molecule has 0 saturated carbocycles. The van der Waals surface area contributed by atoms with Crippen LogP contribution in [0.5, 0.6) is 0 Å². The summed E-state index contributed by atoms with van der Waals surface area (Å²) in [6, 6.07) is -2.22. The zero-order chi connectivity index (χ0) is 58.6. The summed E-state index contributed by atoms with van der Waals surface area (Å²) in [4.78, 5) is 37.3. The van der Waals surface area contributed by atoms with Crippen LogP contribution in [0.1, 0.15) is 6.92 Å². The van der Waals surface area contributed by atoms with Crippen LogP contribution in [0.25, 0.3) is 0 Å². The molecule has 0 radical (unpaired) electrons. The summed E-state index contributed by atoms with van der Waals surface area (Å²) in [5.74, 6) is -8.19. The second-order valence-electron chi connectivity index (χ2n) is 17.6. The summed E-state index contributed by atoms with van der Waals surface area (Å²) in [6.07, 6.45) is -58.6. The van der Waals surface area contributed by atoms with E-state index in [0.29, 0.717) is 0 Å². The molecule has 41 heteroatoms. The van der Waals surface area contributed by atoms with Gasteiger partial charge in [-0.1, -0.05) is 0 Å². The second-order valence-corrected chi connectivity index (χ2v) is 19.7. The molecule has 0 aromatic carbocycles. The number of aliphatic hydroxyl groups is 15. The van der Waals surface area contributed by atoms with E-state index >= 15 is 0 Å². The normalized spacial score (nSPS) is 41.1. The van der Waals surface area contributed by atoms with E-state index in [0.717, 1.165) is 6.92 Å². The quantitative estimate of drug-likeness (QED) is 0.0399. The number of hydrogen-bond acceptors (Lipinski definition) is 34. The summed E-state index contributed by atoms with van der Waals surface area (Å²) >= 11 is 0. The molecule has 4 saturated heterocycles. The van der Waals surface area contributed by atoms with Crippen LogP contribution < -0.4 is 5.32 Å². The Labute approximate surface area is 437 Å². The number of ether oxygens (including phenoxy) is 10. The average molecular weight is 1190 g/mol. The first-order chi connectivity index (χ1) is 36.3. The summed E-state index contributed by atoms with van der Waals surface area (Å²) in [6.45, 7) is -5.39. The highest BCUT2D eigenvalue weighted by molar-refractivity contribution is 7.81. The molecule has 0 spiro atoms. The van der Waals surface area contributed by atoms with Crippen molar-refractivity contribution in [2.45, 2.75) is 166 Å². The largest absolute Gasteiger partial charge is 0.506 e. The van der Waals surface area contributed by atoms with Gasteiger partial charge >= 0.3 is 32.7 Å². The van der Waals surface area contributed by atoms with Gasteiger partial charge in [0, 0.05) is 6.92 Å². The number of aliphatic carboxylic acids is 2. The van der Waals surface area contributed by atoms with Crippen molar-refractivity contribution < 1.29 is 183 Å². The van der Waals surface area contributed by atoms with Crippen LogP contribution in [0.3, 0.4) is 0 Å². The Morgan fingerprint density at radius 2 is 1.13 bits per heavy atom. The van der Waals surface area contributed by atoms with Gasteiger partial charge in [-0.15, -0.1) is 0 Å². The third-order valence-corrected chi connectivity index (χ3v) is 13.1. The van der Waals surface area contributed by atoms with Crippen LogP contribution in [-0.2, 0) is 90.9 Å². The lowest BCUT2D eigenvalue weighted by Crippen LogP contribution is -2.70. The number of carboxylic acids is 2. The van der Waals surface area contributed by atoms with Gasteiger partial charge in [0.1, 0.15) is 122 Å². The fraction of sp³-hybridized carbons (Fsp3) is 0.865. The molecule has 39 nitrogen and oxygen atoms in total. The summed E-state index contributed by atoms with van der Waals surface area (Å²) in [5, 5.41) is 181. The molecule has 0 aromatic rings. The third kappa shape index (κ3) is 15.4. The molecule has 0 aliphatic carbocycles. The van der Waals surface area contributed by atoms with Gasteiger partial charge in [-0.3, -0.25) is 13.9 Å². The van der Waals surface area contributed by atoms with Crippen molar-refractivity contribution in [1.29, 1.82) is 0 Å². The number of carbonyl (C=O) groups excluding carboxylic acids is 1. The highest BCUT2D eigenvalue weighted by atomic mass is 32.3.